The summed E-state index contributed by atoms with van der Waals surface area (Å²) in [5.74, 6) is -0.299. The molecule has 2 rings (SSSR count). The Morgan fingerprint density at radius 3 is 2.88 bits per heavy atom. The zero-order valence-electron chi connectivity index (χ0n) is 8.70. The first-order valence-electron chi connectivity index (χ1n) is 4.63. The van der Waals surface area contributed by atoms with Crippen LogP contribution in [-0.2, 0) is 0 Å². The van der Waals surface area contributed by atoms with Crippen LogP contribution in [0.3, 0.4) is 0 Å². The summed E-state index contributed by atoms with van der Waals surface area (Å²) in [6.45, 7) is 1.82. The highest BCUT2D eigenvalue weighted by molar-refractivity contribution is 9.10. The van der Waals surface area contributed by atoms with Gasteiger partial charge in [0.05, 0.1) is 10.6 Å². The first-order valence-corrected chi connectivity index (χ1v) is 6.62. The average molecular weight is 333 g/mol. The molecule has 0 atom stereocenters. The zero-order valence-corrected chi connectivity index (χ0v) is 11.9. The fraction of sp³-hybridized carbons (Fsp3) is 0.100. The largest absolute Gasteiger partial charge is 0.296 e. The van der Waals surface area contributed by atoms with Crippen molar-refractivity contribution in [2.45, 2.75) is 6.92 Å². The molecule has 1 N–H and O–H groups in total. The number of aryl methyl sites for hydroxylation is 1. The molecule has 0 aliphatic heterocycles. The summed E-state index contributed by atoms with van der Waals surface area (Å²) in [6.07, 6.45) is 0. The average Bonchev–Trinajstić information content (AvgIpc) is 2.68. The van der Waals surface area contributed by atoms with Gasteiger partial charge >= 0.3 is 0 Å². The molecule has 0 aliphatic carbocycles. The Hall–Kier alpha value is -0.980. The summed E-state index contributed by atoms with van der Waals surface area (Å²) in [7, 11) is 0. The zero-order chi connectivity index (χ0) is 12.4. The van der Waals surface area contributed by atoms with Crippen molar-refractivity contribution in [1.29, 1.82) is 0 Å². The van der Waals surface area contributed by atoms with Gasteiger partial charge in [0.2, 0.25) is 5.13 Å². The van der Waals surface area contributed by atoms with Gasteiger partial charge in [-0.05, 0) is 35.0 Å². The van der Waals surface area contributed by atoms with Gasteiger partial charge in [-0.2, -0.15) is 0 Å². The van der Waals surface area contributed by atoms with Gasteiger partial charge in [0.25, 0.3) is 5.91 Å². The second-order valence-corrected chi connectivity index (χ2v) is 5.60. The van der Waals surface area contributed by atoms with Crippen molar-refractivity contribution in [3.8, 4) is 0 Å². The summed E-state index contributed by atoms with van der Waals surface area (Å²) >= 11 is 10.6. The predicted octanol–water partition coefficient (Wildman–Crippen LogP) is 3.51. The minimum absolute atomic E-state index is 0.299. The maximum absolute atomic E-state index is 11.9. The van der Waals surface area contributed by atoms with Crippen LogP contribution in [0.1, 0.15) is 15.4 Å². The number of rotatable bonds is 2. The van der Waals surface area contributed by atoms with Crippen molar-refractivity contribution in [3.05, 3.63) is 38.3 Å². The van der Waals surface area contributed by atoms with E-state index >= 15 is 0 Å². The van der Waals surface area contributed by atoms with E-state index in [0.29, 0.717) is 20.2 Å². The Morgan fingerprint density at radius 1 is 1.47 bits per heavy atom. The molecule has 2 aromatic rings. The van der Waals surface area contributed by atoms with Gasteiger partial charge < -0.3 is 0 Å². The summed E-state index contributed by atoms with van der Waals surface area (Å²) in [5, 5.41) is 11.9. The lowest BCUT2D eigenvalue weighted by Crippen LogP contribution is -2.12. The molecule has 4 nitrogen and oxygen atoms in total. The SMILES string of the molecule is Cc1nnc(NC(=O)c2cccc(Br)c2Cl)s1. The lowest BCUT2D eigenvalue weighted by Gasteiger charge is -2.04. The van der Waals surface area contributed by atoms with Gasteiger partial charge in [0.1, 0.15) is 5.01 Å². The first kappa shape index (κ1) is 12.5. The van der Waals surface area contributed by atoms with Gasteiger partial charge in [-0.1, -0.05) is 29.0 Å². The quantitative estimate of drug-likeness (QED) is 0.915. The third-order valence-corrected chi connectivity index (χ3v) is 3.99. The monoisotopic (exact) mass is 331 g/mol. The van der Waals surface area contributed by atoms with E-state index in [0.717, 1.165) is 5.01 Å². The van der Waals surface area contributed by atoms with Crippen LogP contribution >= 0.6 is 38.9 Å². The number of anilines is 1. The highest BCUT2D eigenvalue weighted by Gasteiger charge is 2.13. The van der Waals surface area contributed by atoms with Crippen molar-refractivity contribution in [2.75, 3.05) is 5.32 Å². The fourth-order valence-electron chi connectivity index (χ4n) is 1.19. The molecule has 17 heavy (non-hydrogen) atoms. The second-order valence-electron chi connectivity index (χ2n) is 3.18. The predicted molar refractivity (Wildman–Crippen MR) is 71.8 cm³/mol. The summed E-state index contributed by atoms with van der Waals surface area (Å²) in [5.41, 5.74) is 0.397. The smallest absolute Gasteiger partial charge is 0.259 e. The number of benzene rings is 1. The van der Waals surface area contributed by atoms with E-state index in [1.807, 2.05) is 6.92 Å². The highest BCUT2D eigenvalue weighted by atomic mass is 79.9. The van der Waals surface area contributed by atoms with Crippen molar-refractivity contribution in [1.82, 2.24) is 10.2 Å². The summed E-state index contributed by atoms with van der Waals surface area (Å²) < 4.78 is 0.681. The maximum atomic E-state index is 11.9. The van der Waals surface area contributed by atoms with Gasteiger partial charge in [-0.3, -0.25) is 10.1 Å². The number of nitrogens with one attached hydrogen (secondary N) is 1. The van der Waals surface area contributed by atoms with E-state index in [-0.39, 0.29) is 5.91 Å². The highest BCUT2D eigenvalue weighted by Crippen LogP contribution is 2.26. The van der Waals surface area contributed by atoms with Crippen LogP contribution in [-0.4, -0.2) is 16.1 Å². The number of carbonyl (C=O) groups excluding carboxylic acids is 1. The van der Waals surface area contributed by atoms with E-state index in [4.69, 9.17) is 11.6 Å². The molecular weight excluding hydrogens is 326 g/mol. The van der Waals surface area contributed by atoms with Crippen LogP contribution in [0.4, 0.5) is 5.13 Å². The summed E-state index contributed by atoms with van der Waals surface area (Å²) in [6, 6.07) is 5.17. The normalized spacial score (nSPS) is 10.3. The lowest BCUT2D eigenvalue weighted by molar-refractivity contribution is 0.102. The molecule has 1 heterocycles. The van der Waals surface area contributed by atoms with E-state index < -0.39 is 0 Å². The Labute approximate surface area is 115 Å². The summed E-state index contributed by atoms with van der Waals surface area (Å²) in [4.78, 5) is 11.9. The number of carbonyl (C=O) groups is 1. The van der Waals surface area contributed by atoms with Crippen molar-refractivity contribution >= 4 is 49.9 Å². The molecule has 1 amide bonds. The van der Waals surface area contributed by atoms with Gasteiger partial charge in [-0.25, -0.2) is 0 Å². The molecule has 1 aromatic carbocycles. The van der Waals surface area contributed by atoms with E-state index in [9.17, 15) is 4.79 Å². The van der Waals surface area contributed by atoms with Crippen molar-refractivity contribution < 1.29 is 4.79 Å². The van der Waals surface area contributed by atoms with Crippen molar-refractivity contribution in [2.24, 2.45) is 0 Å². The molecule has 0 saturated carbocycles. The molecule has 0 aliphatic rings. The second kappa shape index (κ2) is 5.12. The topological polar surface area (TPSA) is 54.9 Å². The number of hydrogen-bond acceptors (Lipinski definition) is 4. The van der Waals surface area contributed by atoms with E-state index in [1.54, 1.807) is 18.2 Å². The molecule has 0 radical (unpaired) electrons. The van der Waals surface area contributed by atoms with Crippen LogP contribution in [0.5, 0.6) is 0 Å². The molecule has 88 valence electrons. The van der Waals surface area contributed by atoms with E-state index in [1.165, 1.54) is 11.3 Å². The van der Waals surface area contributed by atoms with Crippen LogP contribution < -0.4 is 5.32 Å². The molecular formula is C10H7BrClN3OS. The Morgan fingerprint density at radius 2 is 2.24 bits per heavy atom. The van der Waals surface area contributed by atoms with Crippen LogP contribution in [0.15, 0.2) is 22.7 Å². The Kier molecular flexibility index (Phi) is 3.76. The minimum atomic E-state index is -0.299. The molecule has 0 saturated heterocycles. The third-order valence-electron chi connectivity index (χ3n) is 1.94. The lowest BCUT2D eigenvalue weighted by atomic mass is 10.2. The Balaban J connectivity index is 2.23. The van der Waals surface area contributed by atoms with Gasteiger partial charge in [0.15, 0.2) is 0 Å². The van der Waals surface area contributed by atoms with Crippen LogP contribution in [0, 0.1) is 6.92 Å². The molecule has 0 bridgehead atoms. The Bertz CT molecular complexity index is 572. The van der Waals surface area contributed by atoms with Gasteiger partial charge in [0, 0.05) is 4.47 Å². The molecule has 0 unspecified atom stereocenters. The number of nitrogens with zero attached hydrogens (tertiary/aromatic N) is 2. The number of halogens is 2. The first-order chi connectivity index (χ1) is 8.08. The third kappa shape index (κ3) is 2.83. The molecule has 7 heteroatoms. The van der Waals surface area contributed by atoms with Crippen LogP contribution in [0.25, 0.3) is 0 Å². The van der Waals surface area contributed by atoms with Crippen LogP contribution in [0.2, 0.25) is 5.02 Å². The fourth-order valence-corrected chi connectivity index (χ4v) is 2.36. The maximum Gasteiger partial charge on any atom is 0.259 e. The van der Waals surface area contributed by atoms with Crippen molar-refractivity contribution in [3.63, 3.8) is 0 Å². The number of aromatic nitrogens is 2. The number of amides is 1. The standard InChI is InChI=1S/C10H7BrClN3OS/c1-5-14-15-10(17-5)13-9(16)6-3-2-4-7(11)8(6)12/h2-4H,1H3,(H,13,15,16). The van der Waals surface area contributed by atoms with E-state index in [2.05, 4.69) is 31.4 Å². The van der Waals surface area contributed by atoms with Gasteiger partial charge in [-0.15, -0.1) is 10.2 Å². The number of hydrogen-bond donors (Lipinski definition) is 1. The molecule has 1 aromatic heterocycles. The molecule has 0 fully saturated rings. The minimum Gasteiger partial charge on any atom is -0.296 e. The molecule has 0 spiro atoms.